The topological polar surface area (TPSA) is 52.3 Å². The van der Waals surface area contributed by atoms with Crippen molar-refractivity contribution in [2.45, 2.75) is 45.6 Å². The molecule has 1 atom stereocenters. The van der Waals surface area contributed by atoms with Crippen LogP contribution in [0.5, 0.6) is 0 Å². The van der Waals surface area contributed by atoms with Crippen LogP contribution < -0.4 is 5.73 Å². The average molecular weight is 211 g/mol. The molecule has 2 N–H and O–H groups in total. The van der Waals surface area contributed by atoms with Crippen molar-refractivity contribution in [3.63, 3.8) is 0 Å². The fourth-order valence-electron chi connectivity index (χ4n) is 1.63. The molecule has 1 rings (SSSR count). The number of carbonyl (C=O) groups is 1. The second-order valence-corrected chi connectivity index (χ2v) is 5.11. The third-order valence-electron chi connectivity index (χ3n) is 2.51. The van der Waals surface area contributed by atoms with E-state index in [9.17, 15) is 4.79 Å². The molecule has 0 bridgehead atoms. The van der Waals surface area contributed by atoms with Gasteiger partial charge in [-0.2, -0.15) is 0 Å². The minimum atomic E-state index is -0.400. The van der Waals surface area contributed by atoms with E-state index in [1.807, 2.05) is 26.8 Å². The fourth-order valence-corrected chi connectivity index (χ4v) is 1.63. The first-order valence-electron chi connectivity index (χ1n) is 5.55. The zero-order chi connectivity index (χ0) is 11.5. The van der Waals surface area contributed by atoms with Crippen LogP contribution in [0.3, 0.4) is 0 Å². The van der Waals surface area contributed by atoms with Crippen molar-refractivity contribution < 1.29 is 9.53 Å². The zero-order valence-electron chi connectivity index (χ0n) is 9.88. The molecule has 0 aromatic rings. The molecule has 0 radical (unpaired) electrons. The summed E-state index contributed by atoms with van der Waals surface area (Å²) in [4.78, 5) is 11.7. The Balaban J connectivity index is 2.52. The molecule has 15 heavy (non-hydrogen) atoms. The molecule has 0 aliphatic heterocycles. The van der Waals surface area contributed by atoms with E-state index >= 15 is 0 Å². The molecular weight excluding hydrogens is 190 g/mol. The van der Waals surface area contributed by atoms with Crippen molar-refractivity contribution in [1.29, 1.82) is 0 Å². The number of hydrogen-bond acceptors (Lipinski definition) is 3. The van der Waals surface area contributed by atoms with Gasteiger partial charge in [-0.1, -0.05) is 6.08 Å². The SMILES string of the molecule is CC(C)(C)OC(=O)C1=CCC(CN)CC1. The van der Waals surface area contributed by atoms with Crippen LogP contribution in [0, 0.1) is 5.92 Å². The predicted molar refractivity (Wildman–Crippen MR) is 60.3 cm³/mol. The Morgan fingerprint density at radius 2 is 2.27 bits per heavy atom. The van der Waals surface area contributed by atoms with Crippen LogP contribution in [0.2, 0.25) is 0 Å². The van der Waals surface area contributed by atoms with Crippen LogP contribution in [0.1, 0.15) is 40.0 Å². The summed E-state index contributed by atoms with van der Waals surface area (Å²) in [6, 6.07) is 0. The maximum Gasteiger partial charge on any atom is 0.334 e. The van der Waals surface area contributed by atoms with Crippen LogP contribution in [0.25, 0.3) is 0 Å². The van der Waals surface area contributed by atoms with E-state index in [0.29, 0.717) is 12.5 Å². The van der Waals surface area contributed by atoms with E-state index in [4.69, 9.17) is 10.5 Å². The highest BCUT2D eigenvalue weighted by Gasteiger charge is 2.22. The predicted octanol–water partition coefficient (Wildman–Crippen LogP) is 2.01. The zero-order valence-corrected chi connectivity index (χ0v) is 9.88. The molecule has 1 unspecified atom stereocenters. The first-order chi connectivity index (χ1) is 6.92. The minimum Gasteiger partial charge on any atom is -0.457 e. The molecule has 3 heteroatoms. The van der Waals surface area contributed by atoms with Gasteiger partial charge in [-0.25, -0.2) is 4.79 Å². The van der Waals surface area contributed by atoms with Gasteiger partial charge in [0.15, 0.2) is 0 Å². The fraction of sp³-hybridized carbons (Fsp3) is 0.750. The normalized spacial score (nSPS) is 22.1. The highest BCUT2D eigenvalue weighted by atomic mass is 16.6. The molecule has 0 amide bonds. The first-order valence-corrected chi connectivity index (χ1v) is 5.55. The van der Waals surface area contributed by atoms with Gasteiger partial charge in [0, 0.05) is 5.57 Å². The maximum atomic E-state index is 11.7. The van der Waals surface area contributed by atoms with Crippen molar-refractivity contribution in [2.24, 2.45) is 11.7 Å². The number of hydrogen-bond donors (Lipinski definition) is 1. The van der Waals surface area contributed by atoms with Crippen molar-refractivity contribution in [2.75, 3.05) is 6.54 Å². The van der Waals surface area contributed by atoms with Crippen LogP contribution in [0.15, 0.2) is 11.6 Å². The monoisotopic (exact) mass is 211 g/mol. The standard InChI is InChI=1S/C12H21NO2/c1-12(2,3)15-11(14)10-6-4-9(8-13)5-7-10/h6,9H,4-5,7-8,13H2,1-3H3. The van der Waals surface area contributed by atoms with Crippen LogP contribution in [0.4, 0.5) is 0 Å². The van der Waals surface area contributed by atoms with E-state index in [-0.39, 0.29) is 5.97 Å². The lowest BCUT2D eigenvalue weighted by molar-refractivity contribution is -0.150. The summed E-state index contributed by atoms with van der Waals surface area (Å²) in [6.45, 7) is 6.36. The molecule has 0 aromatic carbocycles. The van der Waals surface area contributed by atoms with Gasteiger partial charge < -0.3 is 10.5 Å². The molecule has 86 valence electrons. The third kappa shape index (κ3) is 4.04. The Morgan fingerprint density at radius 1 is 1.60 bits per heavy atom. The number of esters is 1. The van der Waals surface area contributed by atoms with Crippen LogP contribution in [-0.2, 0) is 9.53 Å². The smallest absolute Gasteiger partial charge is 0.334 e. The van der Waals surface area contributed by atoms with Gasteiger partial charge in [-0.05, 0) is 52.5 Å². The summed E-state index contributed by atoms with van der Waals surface area (Å²) >= 11 is 0. The van der Waals surface area contributed by atoms with Gasteiger partial charge in [-0.15, -0.1) is 0 Å². The Bertz CT molecular complexity index is 263. The summed E-state index contributed by atoms with van der Waals surface area (Å²) < 4.78 is 5.31. The second-order valence-electron chi connectivity index (χ2n) is 5.11. The van der Waals surface area contributed by atoms with Gasteiger partial charge >= 0.3 is 5.97 Å². The van der Waals surface area contributed by atoms with E-state index in [0.717, 1.165) is 24.8 Å². The third-order valence-corrected chi connectivity index (χ3v) is 2.51. The molecular formula is C12H21NO2. The molecule has 3 nitrogen and oxygen atoms in total. The summed E-state index contributed by atoms with van der Waals surface area (Å²) in [5, 5.41) is 0. The lowest BCUT2D eigenvalue weighted by atomic mass is 9.90. The van der Waals surface area contributed by atoms with Crippen LogP contribution >= 0.6 is 0 Å². The number of nitrogens with two attached hydrogens (primary N) is 1. The number of rotatable bonds is 2. The highest BCUT2D eigenvalue weighted by Crippen LogP contribution is 2.24. The summed E-state index contributed by atoms with van der Waals surface area (Å²) in [6.07, 6.45) is 4.69. The quantitative estimate of drug-likeness (QED) is 0.711. The lowest BCUT2D eigenvalue weighted by Gasteiger charge is -2.24. The Kier molecular flexibility index (Phi) is 3.91. The van der Waals surface area contributed by atoms with E-state index in [1.54, 1.807) is 0 Å². The van der Waals surface area contributed by atoms with Gasteiger partial charge in [0.1, 0.15) is 5.60 Å². The average Bonchev–Trinajstić information content (AvgIpc) is 2.15. The molecule has 0 saturated carbocycles. The highest BCUT2D eigenvalue weighted by molar-refractivity contribution is 5.88. The molecule has 0 saturated heterocycles. The molecule has 1 aliphatic rings. The summed E-state index contributed by atoms with van der Waals surface area (Å²) in [7, 11) is 0. The van der Waals surface area contributed by atoms with E-state index < -0.39 is 5.60 Å². The Hall–Kier alpha value is -0.830. The summed E-state index contributed by atoms with van der Waals surface area (Å²) in [5.74, 6) is 0.370. The molecule has 0 aromatic heterocycles. The van der Waals surface area contributed by atoms with E-state index in [1.165, 1.54) is 0 Å². The Labute approximate surface area is 91.7 Å². The van der Waals surface area contributed by atoms with Gasteiger partial charge in [-0.3, -0.25) is 0 Å². The second kappa shape index (κ2) is 4.79. The molecule has 0 fully saturated rings. The number of allylic oxidation sites excluding steroid dienone is 1. The maximum absolute atomic E-state index is 11.7. The van der Waals surface area contributed by atoms with Crippen molar-refractivity contribution in [3.05, 3.63) is 11.6 Å². The van der Waals surface area contributed by atoms with Gasteiger partial charge in [0.25, 0.3) is 0 Å². The number of carbonyl (C=O) groups excluding carboxylic acids is 1. The van der Waals surface area contributed by atoms with Crippen molar-refractivity contribution in [3.8, 4) is 0 Å². The van der Waals surface area contributed by atoms with Crippen molar-refractivity contribution >= 4 is 5.97 Å². The van der Waals surface area contributed by atoms with E-state index in [2.05, 4.69) is 0 Å². The molecule has 0 spiro atoms. The minimum absolute atomic E-state index is 0.169. The van der Waals surface area contributed by atoms with Gasteiger partial charge in [0.2, 0.25) is 0 Å². The molecule has 1 aliphatic carbocycles. The summed E-state index contributed by atoms with van der Waals surface area (Å²) in [5.41, 5.74) is 6.00. The lowest BCUT2D eigenvalue weighted by Crippen LogP contribution is -2.26. The molecule has 0 heterocycles. The van der Waals surface area contributed by atoms with Crippen LogP contribution in [-0.4, -0.2) is 18.1 Å². The Morgan fingerprint density at radius 3 is 2.67 bits per heavy atom. The van der Waals surface area contributed by atoms with Gasteiger partial charge in [0.05, 0.1) is 0 Å². The van der Waals surface area contributed by atoms with Crippen molar-refractivity contribution in [1.82, 2.24) is 0 Å². The largest absolute Gasteiger partial charge is 0.457 e. The first kappa shape index (κ1) is 12.2. The number of ether oxygens (including phenoxy) is 1.